The van der Waals surface area contributed by atoms with Gasteiger partial charge >= 0.3 is 0 Å². The Labute approximate surface area is 89.3 Å². The van der Waals surface area contributed by atoms with Gasteiger partial charge in [-0.15, -0.1) is 0 Å². The standard InChI is InChI=1S/C13H15NO/c1-9-6-7-13-11(8-14-9)10-4-2-3-5-12(10)15-13/h2-5,9,14H,6-8H2,1H3. The third kappa shape index (κ3) is 1.45. The van der Waals surface area contributed by atoms with E-state index in [1.165, 1.54) is 16.7 Å². The molecule has 3 rings (SSSR count). The smallest absolute Gasteiger partial charge is 0.134 e. The number of hydrogen-bond acceptors (Lipinski definition) is 2. The maximum Gasteiger partial charge on any atom is 0.134 e. The highest BCUT2D eigenvalue weighted by Crippen LogP contribution is 2.28. The van der Waals surface area contributed by atoms with Crippen LogP contribution in [-0.2, 0) is 13.0 Å². The van der Waals surface area contributed by atoms with Gasteiger partial charge in [-0.3, -0.25) is 0 Å². The molecule has 1 unspecified atom stereocenters. The predicted octanol–water partition coefficient (Wildman–Crippen LogP) is 2.86. The molecule has 78 valence electrons. The number of nitrogens with one attached hydrogen (secondary N) is 1. The van der Waals surface area contributed by atoms with Crippen molar-refractivity contribution < 1.29 is 4.42 Å². The van der Waals surface area contributed by atoms with Gasteiger partial charge in [0.2, 0.25) is 0 Å². The summed E-state index contributed by atoms with van der Waals surface area (Å²) in [5.41, 5.74) is 2.38. The number of para-hydroxylation sites is 1. The molecule has 1 aromatic carbocycles. The number of rotatable bonds is 0. The summed E-state index contributed by atoms with van der Waals surface area (Å²) < 4.78 is 5.88. The van der Waals surface area contributed by atoms with Gasteiger partial charge in [0.25, 0.3) is 0 Å². The van der Waals surface area contributed by atoms with Crippen LogP contribution in [0.3, 0.4) is 0 Å². The van der Waals surface area contributed by atoms with E-state index in [1.807, 2.05) is 12.1 Å². The van der Waals surface area contributed by atoms with Crippen molar-refractivity contribution in [3.05, 3.63) is 35.6 Å². The normalized spacial score (nSPS) is 21.3. The fraction of sp³-hybridized carbons (Fsp3) is 0.385. The molecule has 2 nitrogen and oxygen atoms in total. The summed E-state index contributed by atoms with van der Waals surface area (Å²) in [4.78, 5) is 0. The van der Waals surface area contributed by atoms with E-state index in [2.05, 4.69) is 24.4 Å². The van der Waals surface area contributed by atoms with Crippen molar-refractivity contribution in [1.82, 2.24) is 5.32 Å². The highest BCUT2D eigenvalue weighted by atomic mass is 16.3. The van der Waals surface area contributed by atoms with Gasteiger partial charge in [-0.25, -0.2) is 0 Å². The summed E-state index contributed by atoms with van der Waals surface area (Å²) in [7, 11) is 0. The van der Waals surface area contributed by atoms with Gasteiger partial charge in [-0.2, -0.15) is 0 Å². The lowest BCUT2D eigenvalue weighted by atomic mass is 10.1. The van der Waals surface area contributed by atoms with Crippen molar-refractivity contribution in [1.29, 1.82) is 0 Å². The van der Waals surface area contributed by atoms with Crippen LogP contribution in [0.1, 0.15) is 24.7 Å². The Kier molecular flexibility index (Phi) is 2.03. The highest BCUT2D eigenvalue weighted by molar-refractivity contribution is 5.82. The number of benzene rings is 1. The van der Waals surface area contributed by atoms with Crippen LogP contribution in [0.5, 0.6) is 0 Å². The molecule has 1 aliphatic rings. The number of aryl methyl sites for hydroxylation is 1. The van der Waals surface area contributed by atoms with Crippen molar-refractivity contribution in [3.63, 3.8) is 0 Å². The van der Waals surface area contributed by atoms with Gasteiger partial charge in [0.15, 0.2) is 0 Å². The van der Waals surface area contributed by atoms with Crippen molar-refractivity contribution in [2.45, 2.75) is 32.4 Å². The molecule has 0 fully saturated rings. The van der Waals surface area contributed by atoms with Gasteiger partial charge in [0.1, 0.15) is 11.3 Å². The first kappa shape index (κ1) is 8.98. The minimum absolute atomic E-state index is 0.589. The Morgan fingerprint density at radius 2 is 2.20 bits per heavy atom. The zero-order valence-electron chi connectivity index (χ0n) is 8.92. The Morgan fingerprint density at radius 1 is 1.33 bits per heavy atom. The quantitative estimate of drug-likeness (QED) is 0.709. The molecule has 2 heteroatoms. The number of fused-ring (bicyclic) bond motifs is 3. The number of furan rings is 1. The van der Waals surface area contributed by atoms with Crippen molar-refractivity contribution in [2.24, 2.45) is 0 Å². The predicted molar refractivity (Wildman–Crippen MR) is 60.8 cm³/mol. The molecule has 1 atom stereocenters. The molecule has 2 heterocycles. The zero-order valence-corrected chi connectivity index (χ0v) is 8.92. The van der Waals surface area contributed by atoms with Crippen LogP contribution in [0.15, 0.2) is 28.7 Å². The van der Waals surface area contributed by atoms with Gasteiger partial charge in [-0.05, 0) is 19.4 Å². The molecule has 1 N–H and O–H groups in total. The lowest BCUT2D eigenvalue weighted by molar-refractivity contribution is 0.505. The van der Waals surface area contributed by atoms with Gasteiger partial charge in [0.05, 0.1) is 0 Å². The molecule has 1 aromatic heterocycles. The summed E-state index contributed by atoms with van der Waals surface area (Å²) in [5.74, 6) is 1.17. The topological polar surface area (TPSA) is 25.2 Å². The minimum Gasteiger partial charge on any atom is -0.461 e. The lowest BCUT2D eigenvalue weighted by Gasteiger charge is -2.07. The van der Waals surface area contributed by atoms with E-state index in [9.17, 15) is 0 Å². The van der Waals surface area contributed by atoms with Crippen LogP contribution >= 0.6 is 0 Å². The van der Waals surface area contributed by atoms with E-state index in [-0.39, 0.29) is 0 Å². The second kappa shape index (κ2) is 3.38. The molecule has 0 aliphatic carbocycles. The third-order valence-electron chi connectivity index (χ3n) is 3.21. The lowest BCUT2D eigenvalue weighted by Crippen LogP contribution is -2.23. The first-order chi connectivity index (χ1) is 7.34. The van der Waals surface area contributed by atoms with E-state index in [1.54, 1.807) is 0 Å². The van der Waals surface area contributed by atoms with Gasteiger partial charge in [0, 0.05) is 30.0 Å². The highest BCUT2D eigenvalue weighted by Gasteiger charge is 2.18. The summed E-state index contributed by atoms with van der Waals surface area (Å²) in [6, 6.07) is 8.89. The Balaban J connectivity index is 2.15. The Hall–Kier alpha value is -1.28. The third-order valence-corrected chi connectivity index (χ3v) is 3.21. The van der Waals surface area contributed by atoms with Crippen LogP contribution in [0, 0.1) is 0 Å². The first-order valence-corrected chi connectivity index (χ1v) is 5.57. The summed E-state index contributed by atoms with van der Waals surface area (Å²) in [5, 5.41) is 4.79. The van der Waals surface area contributed by atoms with E-state index in [0.29, 0.717) is 6.04 Å². The molecule has 0 amide bonds. The van der Waals surface area contributed by atoms with E-state index >= 15 is 0 Å². The average molecular weight is 201 g/mol. The molecule has 0 spiro atoms. The average Bonchev–Trinajstić information content (AvgIpc) is 2.51. The summed E-state index contributed by atoms with van der Waals surface area (Å²) in [6.45, 7) is 3.17. The molecule has 0 radical (unpaired) electrons. The fourth-order valence-corrected chi connectivity index (χ4v) is 2.27. The van der Waals surface area contributed by atoms with Crippen molar-refractivity contribution in [2.75, 3.05) is 0 Å². The van der Waals surface area contributed by atoms with E-state index < -0.39 is 0 Å². The van der Waals surface area contributed by atoms with E-state index in [0.717, 1.165) is 25.0 Å². The van der Waals surface area contributed by atoms with Gasteiger partial charge < -0.3 is 9.73 Å². The van der Waals surface area contributed by atoms with Crippen LogP contribution in [0.25, 0.3) is 11.0 Å². The second-order valence-electron chi connectivity index (χ2n) is 4.32. The van der Waals surface area contributed by atoms with Crippen LogP contribution in [0.4, 0.5) is 0 Å². The van der Waals surface area contributed by atoms with Crippen LogP contribution in [-0.4, -0.2) is 6.04 Å². The molecule has 1 aliphatic heterocycles. The monoisotopic (exact) mass is 201 g/mol. The summed E-state index contributed by atoms with van der Waals surface area (Å²) >= 11 is 0. The largest absolute Gasteiger partial charge is 0.461 e. The molecular formula is C13H15NO. The van der Waals surface area contributed by atoms with Crippen LogP contribution < -0.4 is 5.32 Å². The second-order valence-corrected chi connectivity index (χ2v) is 4.32. The zero-order chi connectivity index (χ0) is 10.3. The summed E-state index contributed by atoms with van der Waals surface area (Å²) in [6.07, 6.45) is 2.21. The first-order valence-electron chi connectivity index (χ1n) is 5.57. The van der Waals surface area contributed by atoms with Crippen LogP contribution in [0.2, 0.25) is 0 Å². The molecule has 15 heavy (non-hydrogen) atoms. The fourth-order valence-electron chi connectivity index (χ4n) is 2.27. The maximum absolute atomic E-state index is 5.88. The molecule has 0 bridgehead atoms. The van der Waals surface area contributed by atoms with E-state index in [4.69, 9.17) is 4.42 Å². The molecular weight excluding hydrogens is 186 g/mol. The minimum atomic E-state index is 0.589. The van der Waals surface area contributed by atoms with Crippen molar-refractivity contribution >= 4 is 11.0 Å². The molecule has 0 saturated carbocycles. The van der Waals surface area contributed by atoms with Gasteiger partial charge in [-0.1, -0.05) is 18.2 Å². The maximum atomic E-state index is 5.88. The van der Waals surface area contributed by atoms with Crippen molar-refractivity contribution in [3.8, 4) is 0 Å². The number of hydrogen-bond donors (Lipinski definition) is 1. The Morgan fingerprint density at radius 3 is 3.13 bits per heavy atom. The Bertz CT molecular complexity index is 486. The molecule has 0 saturated heterocycles. The SMILES string of the molecule is CC1CCc2oc3ccccc3c2CN1. The molecule has 2 aromatic rings.